The molecule has 0 aliphatic heterocycles. The predicted octanol–water partition coefficient (Wildman–Crippen LogP) is 4.18. The molecule has 1 amide bonds. The number of anilines is 2. The van der Waals surface area contributed by atoms with Crippen LogP contribution in [0.25, 0.3) is 0 Å². The summed E-state index contributed by atoms with van der Waals surface area (Å²) in [6.07, 6.45) is 1.27. The van der Waals surface area contributed by atoms with Gasteiger partial charge in [0.1, 0.15) is 11.6 Å². The summed E-state index contributed by atoms with van der Waals surface area (Å²) in [4.78, 5) is 22.5. The Bertz CT molecular complexity index is 880. The highest BCUT2D eigenvalue weighted by Gasteiger charge is 2.13. The number of amides is 1. The van der Waals surface area contributed by atoms with Crippen LogP contribution in [-0.4, -0.2) is 10.8 Å². The van der Waals surface area contributed by atoms with Gasteiger partial charge in [-0.15, -0.1) is 0 Å². The zero-order valence-corrected chi connectivity index (χ0v) is 14.4. The van der Waals surface area contributed by atoms with Crippen molar-refractivity contribution >= 4 is 23.0 Å². The lowest BCUT2D eigenvalue weighted by atomic mass is 10.0. The number of carbonyl (C=O) groups is 1. The van der Waals surface area contributed by atoms with Crippen LogP contribution >= 0.6 is 0 Å². The Morgan fingerprint density at radius 3 is 2.42 bits per heavy atom. The first-order valence-corrected chi connectivity index (χ1v) is 7.94. The van der Waals surface area contributed by atoms with Gasteiger partial charge in [-0.3, -0.25) is 14.9 Å². The lowest BCUT2D eigenvalue weighted by Gasteiger charge is -2.13. The molecular weight excluding hydrogens is 332 g/mol. The summed E-state index contributed by atoms with van der Waals surface area (Å²) < 4.78 is 0. The van der Waals surface area contributed by atoms with Crippen LogP contribution < -0.4 is 10.6 Å². The largest absolute Gasteiger partial charge is 0.360 e. The third-order valence-corrected chi connectivity index (χ3v) is 3.66. The predicted molar refractivity (Wildman–Crippen MR) is 99.6 cm³/mol. The number of nitrogens with zero attached hydrogens (tertiary/aromatic N) is 2. The van der Waals surface area contributed by atoms with Gasteiger partial charge in [0.25, 0.3) is 11.6 Å². The number of nitro benzene ring substituents is 1. The van der Waals surface area contributed by atoms with Crippen LogP contribution in [0.3, 0.4) is 0 Å². The van der Waals surface area contributed by atoms with Crippen molar-refractivity contribution < 1.29 is 9.72 Å². The number of carbonyl (C=O) groups excluding carboxylic acids is 1. The van der Waals surface area contributed by atoms with E-state index in [1.807, 2.05) is 38.1 Å². The average molecular weight is 350 g/mol. The van der Waals surface area contributed by atoms with E-state index in [1.165, 1.54) is 30.5 Å². The minimum Gasteiger partial charge on any atom is -0.360 e. The number of hydrogen-bond donors (Lipinski definition) is 2. The lowest BCUT2D eigenvalue weighted by Crippen LogP contribution is -2.16. The summed E-state index contributed by atoms with van der Waals surface area (Å²) in [5.74, 6) is -0.311. The molecule has 0 unspecified atom stereocenters. The standard InChI is InChI=1S/C19H18N4O3/c1-13(2)17-5-3-4-6-18(17)22-19(24)14(11-20)12-21-15-7-9-16(10-8-15)23(25)26/h3-10,12-13,21H,1-2H3,(H,22,24)/b14-12-. The van der Waals surface area contributed by atoms with Crippen LogP contribution in [0.1, 0.15) is 25.3 Å². The Morgan fingerprint density at radius 1 is 1.19 bits per heavy atom. The summed E-state index contributed by atoms with van der Waals surface area (Å²) in [6.45, 7) is 4.03. The molecule has 0 spiro atoms. The van der Waals surface area contributed by atoms with Crippen molar-refractivity contribution in [1.29, 1.82) is 5.26 Å². The third-order valence-electron chi connectivity index (χ3n) is 3.66. The summed E-state index contributed by atoms with van der Waals surface area (Å²) >= 11 is 0. The van der Waals surface area contributed by atoms with E-state index in [-0.39, 0.29) is 17.2 Å². The van der Waals surface area contributed by atoms with Gasteiger partial charge in [-0.1, -0.05) is 32.0 Å². The van der Waals surface area contributed by atoms with Crippen molar-refractivity contribution in [2.45, 2.75) is 19.8 Å². The van der Waals surface area contributed by atoms with Gasteiger partial charge in [-0.05, 0) is 29.7 Å². The molecule has 0 saturated carbocycles. The number of benzene rings is 2. The Morgan fingerprint density at radius 2 is 1.85 bits per heavy atom. The molecule has 0 aliphatic carbocycles. The highest BCUT2D eigenvalue weighted by Crippen LogP contribution is 2.24. The topological polar surface area (TPSA) is 108 Å². The first kappa shape index (κ1) is 18.7. The fraction of sp³-hybridized carbons (Fsp3) is 0.158. The highest BCUT2D eigenvalue weighted by atomic mass is 16.6. The Labute approximate surface area is 151 Å². The Hall–Kier alpha value is -3.66. The van der Waals surface area contributed by atoms with Crippen LogP contribution in [0.5, 0.6) is 0 Å². The number of nitro groups is 1. The van der Waals surface area contributed by atoms with Gasteiger partial charge >= 0.3 is 0 Å². The van der Waals surface area contributed by atoms with Gasteiger partial charge in [0.15, 0.2) is 0 Å². The van der Waals surface area contributed by atoms with Crippen LogP contribution in [-0.2, 0) is 4.79 Å². The molecule has 7 nitrogen and oxygen atoms in total. The SMILES string of the molecule is CC(C)c1ccccc1NC(=O)/C(C#N)=C\Nc1ccc([N+](=O)[O-])cc1. The molecule has 2 aromatic carbocycles. The molecule has 0 radical (unpaired) electrons. The van der Waals surface area contributed by atoms with E-state index in [0.29, 0.717) is 11.4 Å². The van der Waals surface area contributed by atoms with E-state index in [2.05, 4.69) is 10.6 Å². The molecule has 0 heterocycles. The molecule has 7 heteroatoms. The molecule has 2 aromatic rings. The first-order valence-electron chi connectivity index (χ1n) is 7.94. The maximum absolute atomic E-state index is 12.4. The van der Waals surface area contributed by atoms with Crippen molar-refractivity contribution in [3.8, 4) is 6.07 Å². The molecular formula is C19H18N4O3. The van der Waals surface area contributed by atoms with E-state index in [4.69, 9.17) is 0 Å². The maximum atomic E-state index is 12.4. The van der Waals surface area contributed by atoms with Crippen LogP contribution in [0.4, 0.5) is 17.1 Å². The van der Waals surface area contributed by atoms with Gasteiger partial charge < -0.3 is 10.6 Å². The number of nitriles is 1. The van der Waals surface area contributed by atoms with Crippen LogP contribution in [0.2, 0.25) is 0 Å². The van der Waals surface area contributed by atoms with Crippen LogP contribution in [0.15, 0.2) is 60.3 Å². The number of nitrogens with one attached hydrogen (secondary N) is 2. The quantitative estimate of drug-likeness (QED) is 0.352. The molecule has 0 bridgehead atoms. The monoisotopic (exact) mass is 350 g/mol. The number of non-ortho nitro benzene ring substituents is 1. The minimum absolute atomic E-state index is 0.0388. The van der Waals surface area contributed by atoms with Crippen LogP contribution in [0, 0.1) is 21.4 Å². The molecule has 0 saturated heterocycles. The fourth-order valence-corrected chi connectivity index (χ4v) is 2.29. The molecule has 0 atom stereocenters. The van der Waals surface area contributed by atoms with E-state index >= 15 is 0 Å². The minimum atomic E-state index is -0.532. The molecule has 0 fully saturated rings. The van der Waals surface area contributed by atoms with Gasteiger partial charge in [0.05, 0.1) is 4.92 Å². The average Bonchev–Trinajstić information content (AvgIpc) is 2.63. The van der Waals surface area contributed by atoms with Crippen molar-refractivity contribution in [1.82, 2.24) is 0 Å². The van der Waals surface area contributed by atoms with Crippen molar-refractivity contribution in [2.24, 2.45) is 0 Å². The van der Waals surface area contributed by atoms with E-state index in [9.17, 15) is 20.2 Å². The van der Waals surface area contributed by atoms with Crippen molar-refractivity contribution in [2.75, 3.05) is 10.6 Å². The molecule has 26 heavy (non-hydrogen) atoms. The maximum Gasteiger partial charge on any atom is 0.269 e. The normalized spacial score (nSPS) is 10.9. The second-order valence-corrected chi connectivity index (χ2v) is 5.81. The zero-order valence-electron chi connectivity index (χ0n) is 14.4. The molecule has 2 rings (SSSR count). The summed E-state index contributed by atoms with van der Waals surface area (Å²) in [5, 5.41) is 25.4. The zero-order chi connectivity index (χ0) is 19.1. The van der Waals surface area contributed by atoms with E-state index in [1.54, 1.807) is 6.07 Å². The highest BCUT2D eigenvalue weighted by molar-refractivity contribution is 6.07. The van der Waals surface area contributed by atoms with Gasteiger partial charge in [0.2, 0.25) is 0 Å². The van der Waals surface area contributed by atoms with E-state index < -0.39 is 10.8 Å². The second-order valence-electron chi connectivity index (χ2n) is 5.81. The van der Waals surface area contributed by atoms with Gasteiger partial charge in [-0.2, -0.15) is 5.26 Å². The van der Waals surface area contributed by atoms with Crippen molar-refractivity contribution in [3.63, 3.8) is 0 Å². The van der Waals surface area contributed by atoms with Gasteiger partial charge in [0, 0.05) is 29.7 Å². The Kier molecular flexibility index (Phi) is 6.06. The number of hydrogen-bond acceptors (Lipinski definition) is 5. The van der Waals surface area contributed by atoms with E-state index in [0.717, 1.165) is 5.56 Å². The molecule has 0 aromatic heterocycles. The lowest BCUT2D eigenvalue weighted by molar-refractivity contribution is -0.384. The second kappa shape index (κ2) is 8.44. The summed E-state index contributed by atoms with van der Waals surface area (Å²) in [5.41, 5.74) is 2.01. The van der Waals surface area contributed by atoms with Gasteiger partial charge in [-0.25, -0.2) is 0 Å². The first-order chi connectivity index (χ1) is 12.4. The smallest absolute Gasteiger partial charge is 0.269 e. The molecule has 2 N–H and O–H groups in total. The Balaban J connectivity index is 2.12. The number of rotatable bonds is 6. The van der Waals surface area contributed by atoms with Crippen molar-refractivity contribution in [3.05, 3.63) is 76.0 Å². The summed E-state index contributed by atoms with van der Waals surface area (Å²) in [7, 11) is 0. The third kappa shape index (κ3) is 4.68. The summed E-state index contributed by atoms with van der Waals surface area (Å²) in [6, 6.07) is 14.9. The fourth-order valence-electron chi connectivity index (χ4n) is 2.29. The molecule has 0 aliphatic rings. The molecule has 132 valence electrons. The number of para-hydroxylation sites is 1.